The molecule has 1 N–H and O–H groups in total. The van der Waals surface area contributed by atoms with E-state index in [0.717, 1.165) is 6.54 Å². The number of rotatable bonds is 3. The molecule has 1 aromatic heterocycles. The second kappa shape index (κ2) is 4.35. The van der Waals surface area contributed by atoms with Crippen LogP contribution in [0.4, 0.5) is 0 Å². The van der Waals surface area contributed by atoms with E-state index in [1.165, 1.54) is 31.5 Å². The quantitative estimate of drug-likeness (QED) is 0.751. The second-order valence-electron chi connectivity index (χ2n) is 3.39. The van der Waals surface area contributed by atoms with Crippen molar-refractivity contribution in [2.75, 3.05) is 13.1 Å². The summed E-state index contributed by atoms with van der Waals surface area (Å²) < 4.78 is 0. The van der Waals surface area contributed by atoms with Crippen molar-refractivity contribution >= 4 is 0 Å². The van der Waals surface area contributed by atoms with E-state index < -0.39 is 0 Å². The first kappa shape index (κ1) is 8.66. The van der Waals surface area contributed by atoms with Crippen molar-refractivity contribution in [3.8, 4) is 0 Å². The summed E-state index contributed by atoms with van der Waals surface area (Å²) in [5.41, 5.74) is 4.64. The fourth-order valence-electron chi connectivity index (χ4n) is 1.58. The lowest BCUT2D eigenvalue weighted by Gasteiger charge is -2.15. The highest BCUT2D eigenvalue weighted by Gasteiger charge is 2.09. The van der Waals surface area contributed by atoms with Gasteiger partial charge in [0, 0.05) is 32.0 Å². The predicted octanol–water partition coefficient (Wildman–Crippen LogP) is 1.18. The molecule has 3 heteroatoms. The maximum absolute atomic E-state index is 4.07. The highest BCUT2D eigenvalue weighted by molar-refractivity contribution is 5.07. The molecule has 0 amide bonds. The first-order chi connectivity index (χ1) is 6.45. The molecule has 1 aliphatic heterocycles. The van der Waals surface area contributed by atoms with Crippen LogP contribution in [0.25, 0.3) is 0 Å². The molecule has 1 aliphatic rings. The molecule has 2 rings (SSSR count). The lowest BCUT2D eigenvalue weighted by Crippen LogP contribution is -2.34. The van der Waals surface area contributed by atoms with Gasteiger partial charge in [0.2, 0.25) is 0 Å². The largest absolute Gasteiger partial charge is 0.264 e. The Morgan fingerprint density at radius 2 is 2.23 bits per heavy atom. The fraction of sp³-hybridized carbons (Fsp3) is 0.500. The normalized spacial score (nSPS) is 17.8. The fourth-order valence-corrected chi connectivity index (χ4v) is 1.58. The predicted molar refractivity (Wildman–Crippen MR) is 51.9 cm³/mol. The summed E-state index contributed by atoms with van der Waals surface area (Å²) in [4.78, 5) is 4.07. The average molecular weight is 177 g/mol. The highest BCUT2D eigenvalue weighted by Crippen LogP contribution is 2.04. The Bertz CT molecular complexity index is 242. The van der Waals surface area contributed by atoms with Gasteiger partial charge in [-0.3, -0.25) is 10.4 Å². The van der Waals surface area contributed by atoms with E-state index in [1.54, 1.807) is 6.20 Å². The highest BCUT2D eigenvalue weighted by atomic mass is 15.5. The second-order valence-corrected chi connectivity index (χ2v) is 3.39. The summed E-state index contributed by atoms with van der Waals surface area (Å²) in [5, 5.41) is 2.28. The third kappa shape index (κ3) is 2.50. The molecule has 0 unspecified atom stereocenters. The van der Waals surface area contributed by atoms with Crippen molar-refractivity contribution in [3.05, 3.63) is 30.1 Å². The third-order valence-corrected chi connectivity index (χ3v) is 2.34. The lowest BCUT2D eigenvalue weighted by molar-refractivity contribution is 0.232. The molecule has 3 nitrogen and oxygen atoms in total. The Hall–Kier alpha value is -0.930. The van der Waals surface area contributed by atoms with Crippen LogP contribution in [0.2, 0.25) is 0 Å². The standard InChI is InChI=1S/C10H15N3/c1-2-7-13(6-1)12-9-10-4-3-5-11-8-10/h3-5,8,12H,1-2,6-7,9H2. The van der Waals surface area contributed by atoms with Crippen LogP contribution in [-0.4, -0.2) is 23.1 Å². The molecule has 70 valence electrons. The van der Waals surface area contributed by atoms with Gasteiger partial charge in [-0.2, -0.15) is 0 Å². The van der Waals surface area contributed by atoms with Crippen molar-refractivity contribution < 1.29 is 0 Å². The van der Waals surface area contributed by atoms with E-state index in [9.17, 15) is 0 Å². The molecule has 1 fully saturated rings. The van der Waals surface area contributed by atoms with E-state index in [4.69, 9.17) is 0 Å². The molecule has 0 aliphatic carbocycles. The van der Waals surface area contributed by atoms with Crippen LogP contribution >= 0.6 is 0 Å². The molecule has 13 heavy (non-hydrogen) atoms. The van der Waals surface area contributed by atoms with Gasteiger partial charge in [-0.05, 0) is 24.5 Å². The molecule has 2 heterocycles. The first-order valence-electron chi connectivity index (χ1n) is 4.82. The van der Waals surface area contributed by atoms with E-state index >= 15 is 0 Å². The monoisotopic (exact) mass is 177 g/mol. The molecular formula is C10H15N3. The zero-order chi connectivity index (χ0) is 8.93. The zero-order valence-corrected chi connectivity index (χ0v) is 7.74. The molecule has 0 atom stereocenters. The molecule has 0 spiro atoms. The van der Waals surface area contributed by atoms with Crippen LogP contribution in [0.3, 0.4) is 0 Å². The van der Waals surface area contributed by atoms with Gasteiger partial charge in [-0.15, -0.1) is 0 Å². The van der Waals surface area contributed by atoms with Gasteiger partial charge >= 0.3 is 0 Å². The summed E-state index contributed by atoms with van der Waals surface area (Å²) in [6, 6.07) is 4.07. The molecule has 0 bridgehead atoms. The van der Waals surface area contributed by atoms with Crippen LogP contribution in [0.1, 0.15) is 18.4 Å². The summed E-state index contributed by atoms with van der Waals surface area (Å²) in [5.74, 6) is 0. The van der Waals surface area contributed by atoms with Gasteiger partial charge in [0.05, 0.1) is 0 Å². The lowest BCUT2D eigenvalue weighted by atomic mass is 10.3. The number of hydrogen-bond acceptors (Lipinski definition) is 3. The van der Waals surface area contributed by atoms with E-state index in [-0.39, 0.29) is 0 Å². The van der Waals surface area contributed by atoms with Crippen LogP contribution < -0.4 is 5.43 Å². The molecule has 1 saturated heterocycles. The van der Waals surface area contributed by atoms with Gasteiger partial charge in [-0.25, -0.2) is 5.01 Å². The minimum Gasteiger partial charge on any atom is -0.264 e. The third-order valence-electron chi connectivity index (χ3n) is 2.34. The summed E-state index contributed by atoms with van der Waals surface area (Å²) in [6.45, 7) is 3.26. The summed E-state index contributed by atoms with van der Waals surface area (Å²) in [7, 11) is 0. The van der Waals surface area contributed by atoms with E-state index in [1.807, 2.05) is 12.3 Å². The van der Waals surface area contributed by atoms with Crippen LogP contribution in [0.15, 0.2) is 24.5 Å². The number of hydrogen-bond donors (Lipinski definition) is 1. The van der Waals surface area contributed by atoms with Crippen molar-refractivity contribution in [2.24, 2.45) is 0 Å². The summed E-state index contributed by atoms with van der Waals surface area (Å²) in [6.07, 6.45) is 6.35. The topological polar surface area (TPSA) is 28.2 Å². The van der Waals surface area contributed by atoms with Crippen LogP contribution in [0, 0.1) is 0 Å². The Kier molecular flexibility index (Phi) is 2.90. The van der Waals surface area contributed by atoms with Gasteiger partial charge in [-0.1, -0.05) is 6.07 Å². The minimum absolute atomic E-state index is 0.897. The van der Waals surface area contributed by atoms with Crippen molar-refractivity contribution in [2.45, 2.75) is 19.4 Å². The maximum atomic E-state index is 4.07. The van der Waals surface area contributed by atoms with Crippen LogP contribution in [-0.2, 0) is 6.54 Å². The molecule has 0 saturated carbocycles. The summed E-state index contributed by atoms with van der Waals surface area (Å²) >= 11 is 0. The van der Waals surface area contributed by atoms with Gasteiger partial charge in [0.25, 0.3) is 0 Å². The van der Waals surface area contributed by atoms with Crippen molar-refractivity contribution in [3.63, 3.8) is 0 Å². The molecule has 0 radical (unpaired) electrons. The van der Waals surface area contributed by atoms with Gasteiger partial charge in [0.1, 0.15) is 0 Å². The number of pyridine rings is 1. The smallest absolute Gasteiger partial charge is 0.0368 e. The molecular weight excluding hydrogens is 162 g/mol. The SMILES string of the molecule is c1cncc(CNN2CCCC2)c1. The average Bonchev–Trinajstić information content (AvgIpc) is 2.69. The Labute approximate surface area is 78.7 Å². The number of nitrogens with zero attached hydrogens (tertiary/aromatic N) is 2. The minimum atomic E-state index is 0.897. The molecule has 1 aromatic rings. The van der Waals surface area contributed by atoms with Crippen LogP contribution in [0.5, 0.6) is 0 Å². The number of hydrazine groups is 1. The zero-order valence-electron chi connectivity index (χ0n) is 7.74. The molecule has 0 aromatic carbocycles. The number of nitrogens with one attached hydrogen (secondary N) is 1. The Morgan fingerprint density at radius 1 is 1.38 bits per heavy atom. The van der Waals surface area contributed by atoms with E-state index in [0.29, 0.717) is 0 Å². The Balaban J connectivity index is 1.79. The maximum Gasteiger partial charge on any atom is 0.0368 e. The van der Waals surface area contributed by atoms with Crippen molar-refractivity contribution in [1.29, 1.82) is 0 Å². The first-order valence-corrected chi connectivity index (χ1v) is 4.82. The van der Waals surface area contributed by atoms with E-state index in [2.05, 4.69) is 21.5 Å². The van der Waals surface area contributed by atoms with Gasteiger partial charge < -0.3 is 0 Å². The Morgan fingerprint density at radius 3 is 2.92 bits per heavy atom. The van der Waals surface area contributed by atoms with Gasteiger partial charge in [0.15, 0.2) is 0 Å². The van der Waals surface area contributed by atoms with Crippen molar-refractivity contribution in [1.82, 2.24) is 15.4 Å². The number of aromatic nitrogens is 1.